The third-order valence-electron chi connectivity index (χ3n) is 3.55. The molecule has 0 atom stereocenters. The first-order valence-electron chi connectivity index (χ1n) is 6.96. The van der Waals surface area contributed by atoms with Crippen LogP contribution in [0.5, 0.6) is 0 Å². The molecule has 0 N–H and O–H groups in total. The van der Waals surface area contributed by atoms with Crippen LogP contribution >= 0.6 is 0 Å². The Morgan fingerprint density at radius 1 is 0.864 bits per heavy atom. The van der Waals surface area contributed by atoms with Crippen LogP contribution in [0.1, 0.15) is 11.3 Å². The number of aryl methyl sites for hydroxylation is 2. The lowest BCUT2D eigenvalue weighted by Crippen LogP contribution is -2.02. The highest BCUT2D eigenvalue weighted by Crippen LogP contribution is 2.31. The zero-order chi connectivity index (χ0) is 15.7. The van der Waals surface area contributed by atoms with Crippen molar-refractivity contribution in [3.63, 3.8) is 0 Å². The molecule has 2 aromatic carbocycles. The van der Waals surface area contributed by atoms with Gasteiger partial charge in [-0.15, -0.1) is 0 Å². The molecule has 0 saturated carbocycles. The summed E-state index contributed by atoms with van der Waals surface area (Å²) in [5, 5.41) is 0. The van der Waals surface area contributed by atoms with E-state index in [-0.39, 0.29) is 9.79 Å². The van der Waals surface area contributed by atoms with E-state index in [1.165, 1.54) is 0 Å². The SMILES string of the molecule is Cc1ccc(S(=O)(=O)c2cc(-c3ccccc3)oc2C)cc1. The highest BCUT2D eigenvalue weighted by Gasteiger charge is 2.24. The zero-order valence-corrected chi connectivity index (χ0v) is 13.2. The van der Waals surface area contributed by atoms with Crippen molar-refractivity contribution in [1.29, 1.82) is 0 Å². The van der Waals surface area contributed by atoms with Crippen LogP contribution in [-0.2, 0) is 9.84 Å². The van der Waals surface area contributed by atoms with Crippen LogP contribution in [-0.4, -0.2) is 8.42 Å². The first kappa shape index (κ1) is 14.6. The molecule has 22 heavy (non-hydrogen) atoms. The smallest absolute Gasteiger partial charge is 0.210 e. The zero-order valence-electron chi connectivity index (χ0n) is 12.4. The number of furan rings is 1. The van der Waals surface area contributed by atoms with Crippen molar-refractivity contribution in [3.8, 4) is 11.3 Å². The van der Waals surface area contributed by atoms with Gasteiger partial charge in [0.1, 0.15) is 16.4 Å². The van der Waals surface area contributed by atoms with E-state index < -0.39 is 9.84 Å². The molecule has 4 heteroatoms. The lowest BCUT2D eigenvalue weighted by atomic mass is 10.2. The fraction of sp³-hybridized carbons (Fsp3) is 0.111. The van der Waals surface area contributed by atoms with Gasteiger partial charge in [-0.2, -0.15) is 0 Å². The van der Waals surface area contributed by atoms with Crippen LogP contribution in [0, 0.1) is 13.8 Å². The highest BCUT2D eigenvalue weighted by atomic mass is 32.2. The first-order valence-corrected chi connectivity index (χ1v) is 8.44. The van der Waals surface area contributed by atoms with E-state index in [1.807, 2.05) is 37.3 Å². The van der Waals surface area contributed by atoms with Crippen molar-refractivity contribution in [2.75, 3.05) is 0 Å². The molecule has 3 nitrogen and oxygen atoms in total. The number of benzene rings is 2. The third-order valence-corrected chi connectivity index (χ3v) is 5.43. The Hall–Kier alpha value is -2.33. The number of hydrogen-bond donors (Lipinski definition) is 0. The van der Waals surface area contributed by atoms with E-state index >= 15 is 0 Å². The van der Waals surface area contributed by atoms with Crippen LogP contribution < -0.4 is 0 Å². The van der Waals surface area contributed by atoms with Crippen LogP contribution in [0.3, 0.4) is 0 Å². The van der Waals surface area contributed by atoms with Gasteiger partial charge in [-0.25, -0.2) is 8.42 Å². The molecule has 0 aliphatic carbocycles. The fourth-order valence-electron chi connectivity index (χ4n) is 2.32. The normalized spacial score (nSPS) is 11.5. The molecule has 0 radical (unpaired) electrons. The van der Waals surface area contributed by atoms with Gasteiger partial charge in [0, 0.05) is 11.6 Å². The van der Waals surface area contributed by atoms with Crippen molar-refractivity contribution in [3.05, 3.63) is 72.0 Å². The Labute approximate surface area is 130 Å². The lowest BCUT2D eigenvalue weighted by Gasteiger charge is -2.03. The number of rotatable bonds is 3. The average Bonchev–Trinajstić information content (AvgIpc) is 2.91. The maximum absolute atomic E-state index is 12.8. The topological polar surface area (TPSA) is 47.3 Å². The Morgan fingerprint density at radius 3 is 2.14 bits per heavy atom. The minimum atomic E-state index is -3.57. The van der Waals surface area contributed by atoms with Gasteiger partial charge in [-0.05, 0) is 26.0 Å². The second-order valence-corrected chi connectivity index (χ2v) is 7.13. The standard InChI is InChI=1S/C18H16O3S/c1-13-8-10-16(11-9-13)22(19,20)18-12-17(21-14(18)2)15-6-4-3-5-7-15/h3-12H,1-2H3. The summed E-state index contributed by atoms with van der Waals surface area (Å²) >= 11 is 0. The summed E-state index contributed by atoms with van der Waals surface area (Å²) in [5.74, 6) is 0.961. The molecule has 0 saturated heterocycles. The van der Waals surface area contributed by atoms with Gasteiger partial charge in [0.25, 0.3) is 0 Å². The van der Waals surface area contributed by atoms with Gasteiger partial charge < -0.3 is 4.42 Å². The van der Waals surface area contributed by atoms with Crippen molar-refractivity contribution in [2.45, 2.75) is 23.6 Å². The molecule has 1 heterocycles. The molecule has 0 fully saturated rings. The predicted octanol–water partition coefficient (Wildman–Crippen LogP) is 4.40. The summed E-state index contributed by atoms with van der Waals surface area (Å²) in [6.07, 6.45) is 0. The Bertz CT molecular complexity index is 889. The molecular formula is C18H16O3S. The van der Waals surface area contributed by atoms with Gasteiger partial charge in [0.05, 0.1) is 4.90 Å². The largest absolute Gasteiger partial charge is 0.460 e. The molecule has 0 unspecified atom stereocenters. The molecule has 3 aromatic rings. The van der Waals surface area contributed by atoms with Crippen LogP contribution in [0.15, 0.2) is 74.9 Å². The maximum atomic E-state index is 12.8. The van der Waals surface area contributed by atoms with Crippen LogP contribution in [0.4, 0.5) is 0 Å². The quantitative estimate of drug-likeness (QED) is 0.720. The highest BCUT2D eigenvalue weighted by molar-refractivity contribution is 7.91. The molecule has 0 bridgehead atoms. The Balaban J connectivity index is 2.09. The van der Waals surface area contributed by atoms with E-state index in [4.69, 9.17) is 4.42 Å². The minimum Gasteiger partial charge on any atom is -0.460 e. The monoisotopic (exact) mass is 312 g/mol. The Morgan fingerprint density at radius 2 is 1.50 bits per heavy atom. The van der Waals surface area contributed by atoms with Crippen molar-refractivity contribution < 1.29 is 12.8 Å². The second kappa shape index (κ2) is 5.46. The van der Waals surface area contributed by atoms with Crippen LogP contribution in [0.25, 0.3) is 11.3 Å². The maximum Gasteiger partial charge on any atom is 0.210 e. The van der Waals surface area contributed by atoms with Crippen molar-refractivity contribution >= 4 is 9.84 Å². The molecule has 1 aromatic heterocycles. The number of sulfone groups is 1. The van der Waals surface area contributed by atoms with Gasteiger partial charge in [-0.1, -0.05) is 48.0 Å². The van der Waals surface area contributed by atoms with E-state index in [1.54, 1.807) is 37.3 Å². The van der Waals surface area contributed by atoms with Crippen molar-refractivity contribution in [2.24, 2.45) is 0 Å². The summed E-state index contributed by atoms with van der Waals surface area (Å²) in [6.45, 7) is 3.60. The Kier molecular flexibility index (Phi) is 3.62. The fourth-order valence-corrected chi connectivity index (χ4v) is 3.75. The molecule has 0 spiro atoms. The third kappa shape index (κ3) is 2.57. The van der Waals surface area contributed by atoms with E-state index in [9.17, 15) is 8.42 Å². The summed E-state index contributed by atoms with van der Waals surface area (Å²) < 4.78 is 31.2. The van der Waals surface area contributed by atoms with Crippen LogP contribution in [0.2, 0.25) is 0 Å². The average molecular weight is 312 g/mol. The minimum absolute atomic E-state index is 0.218. The van der Waals surface area contributed by atoms with Crippen molar-refractivity contribution in [1.82, 2.24) is 0 Å². The second-order valence-electron chi connectivity index (χ2n) is 5.21. The van der Waals surface area contributed by atoms with E-state index in [0.717, 1.165) is 11.1 Å². The molecule has 112 valence electrons. The lowest BCUT2D eigenvalue weighted by molar-refractivity contribution is 0.535. The number of hydrogen-bond acceptors (Lipinski definition) is 3. The molecule has 0 aliphatic rings. The van der Waals surface area contributed by atoms with Gasteiger partial charge in [-0.3, -0.25) is 0 Å². The molecule has 0 amide bonds. The van der Waals surface area contributed by atoms with Gasteiger partial charge in [0.15, 0.2) is 0 Å². The molecule has 0 aliphatic heterocycles. The first-order chi connectivity index (χ1) is 10.5. The molecule has 3 rings (SSSR count). The predicted molar refractivity (Wildman–Crippen MR) is 85.5 cm³/mol. The summed E-state index contributed by atoms with van der Waals surface area (Å²) in [5.41, 5.74) is 1.88. The summed E-state index contributed by atoms with van der Waals surface area (Å²) in [6, 6.07) is 17.9. The molecular weight excluding hydrogens is 296 g/mol. The summed E-state index contributed by atoms with van der Waals surface area (Å²) in [4.78, 5) is 0.497. The van der Waals surface area contributed by atoms with E-state index in [0.29, 0.717) is 11.5 Å². The van der Waals surface area contributed by atoms with E-state index in [2.05, 4.69) is 0 Å². The van der Waals surface area contributed by atoms with Gasteiger partial charge in [0.2, 0.25) is 9.84 Å². The summed E-state index contributed by atoms with van der Waals surface area (Å²) in [7, 11) is -3.57. The van der Waals surface area contributed by atoms with Gasteiger partial charge >= 0.3 is 0 Å².